The summed E-state index contributed by atoms with van der Waals surface area (Å²) in [7, 11) is -5.29. The van der Waals surface area contributed by atoms with Crippen LogP contribution in [0.2, 0.25) is 0 Å². The summed E-state index contributed by atoms with van der Waals surface area (Å²) >= 11 is 0. The van der Waals surface area contributed by atoms with Gasteiger partial charge in [0.1, 0.15) is 7.82 Å². The maximum Gasteiger partial charge on any atom is 1.00 e. The first-order valence-corrected chi connectivity index (χ1v) is 6.00. The molecule has 0 bridgehead atoms. The first-order valence-electron chi connectivity index (χ1n) is 4.54. The molecule has 0 amide bonds. The Hall–Kier alpha value is 0.0348. The molecule has 0 fully saturated rings. The first kappa shape index (κ1) is 20.4. The summed E-state index contributed by atoms with van der Waals surface area (Å²) in [5.74, 6) is -1.12. The van der Waals surface area contributed by atoms with Crippen molar-refractivity contribution in [3.05, 3.63) is 34.4 Å². The van der Waals surface area contributed by atoms with E-state index >= 15 is 0 Å². The van der Waals surface area contributed by atoms with Crippen LogP contribution in [0.1, 0.15) is 27.0 Å². The Morgan fingerprint density at radius 3 is 1.83 bits per heavy atom. The van der Waals surface area contributed by atoms with Gasteiger partial charge in [-0.05, 0) is 31.9 Å². The third kappa shape index (κ3) is 5.78. The van der Waals surface area contributed by atoms with E-state index in [1.165, 1.54) is 0 Å². The van der Waals surface area contributed by atoms with Crippen molar-refractivity contribution in [1.82, 2.24) is 0 Å². The number of aryl methyl sites for hydroxylation is 3. The molecule has 0 heterocycles. The summed E-state index contributed by atoms with van der Waals surface area (Å²) in [5, 5.41) is 0. The van der Waals surface area contributed by atoms with Gasteiger partial charge in [0, 0.05) is 0 Å². The Bertz CT molecular complexity index is 460. The Kier molecular flexibility index (Phi) is 8.57. The van der Waals surface area contributed by atoms with E-state index < -0.39 is 13.8 Å². The Balaban J connectivity index is 0. The number of hydrogen-bond acceptors (Lipinski definition) is 5. The van der Waals surface area contributed by atoms with Gasteiger partial charge in [0.05, 0.1) is 5.56 Å². The van der Waals surface area contributed by atoms with E-state index in [0.29, 0.717) is 11.1 Å². The van der Waals surface area contributed by atoms with E-state index in [-0.39, 0.29) is 43.3 Å². The minimum absolute atomic E-state index is 0. The number of benzene rings is 1. The van der Waals surface area contributed by atoms with Crippen LogP contribution >= 0.6 is 7.82 Å². The molecular formula is C10H11Li2O5P. The first-order chi connectivity index (χ1) is 7.20. The number of carbonyl (C=O) groups is 1. The van der Waals surface area contributed by atoms with Gasteiger partial charge in [0.25, 0.3) is 0 Å². The van der Waals surface area contributed by atoms with E-state index in [9.17, 15) is 19.1 Å². The predicted molar refractivity (Wildman–Crippen MR) is 53.7 cm³/mol. The van der Waals surface area contributed by atoms with Crippen LogP contribution in [0.15, 0.2) is 12.1 Å². The third-order valence-electron chi connectivity index (χ3n) is 2.08. The summed E-state index contributed by atoms with van der Waals surface area (Å²) in [5.41, 5.74) is 2.23. The molecule has 1 rings (SSSR count). The van der Waals surface area contributed by atoms with Crippen LogP contribution in [0, 0.1) is 20.8 Å². The van der Waals surface area contributed by atoms with Crippen molar-refractivity contribution in [1.29, 1.82) is 0 Å². The van der Waals surface area contributed by atoms with Gasteiger partial charge in [-0.2, -0.15) is 0 Å². The van der Waals surface area contributed by atoms with Crippen molar-refractivity contribution in [2.24, 2.45) is 0 Å². The predicted octanol–water partition coefficient (Wildman–Crippen LogP) is -5.39. The summed E-state index contributed by atoms with van der Waals surface area (Å²) in [6.45, 7) is 5.15. The summed E-state index contributed by atoms with van der Waals surface area (Å²) < 4.78 is 14.2. The topological polar surface area (TPSA) is 89.5 Å². The van der Waals surface area contributed by atoms with Crippen LogP contribution in [0.4, 0.5) is 0 Å². The fraction of sp³-hybridized carbons (Fsp3) is 0.300. The normalized spacial score (nSPS) is 10.1. The standard InChI is InChI=1S/C10H13O5P.2Li/c1-6-4-7(2)9(8(3)5-6)10(11)15-16(12,13)14;;/h4-5H,1-3H3,(H2,12,13,14);;/q;2*+1/p-2. The monoisotopic (exact) mass is 256 g/mol. The summed E-state index contributed by atoms with van der Waals surface area (Å²) in [6.07, 6.45) is 0. The zero-order valence-corrected chi connectivity index (χ0v) is 12.0. The molecule has 1 aromatic carbocycles. The maximum atomic E-state index is 11.4. The van der Waals surface area contributed by atoms with E-state index in [1.54, 1.807) is 26.0 Å². The summed E-state index contributed by atoms with van der Waals surface area (Å²) in [6, 6.07) is 3.42. The second-order valence-corrected chi connectivity index (χ2v) is 4.68. The molecule has 1 aromatic rings. The van der Waals surface area contributed by atoms with Crippen LogP contribution in [0.5, 0.6) is 0 Å². The smallest absolute Gasteiger partial charge is 0.780 e. The molecule has 0 N–H and O–H groups in total. The van der Waals surface area contributed by atoms with Crippen molar-refractivity contribution >= 4 is 13.8 Å². The Morgan fingerprint density at radius 2 is 1.50 bits per heavy atom. The molecule has 0 aliphatic carbocycles. The second-order valence-electron chi connectivity index (χ2n) is 3.60. The minimum Gasteiger partial charge on any atom is -0.780 e. The van der Waals surface area contributed by atoms with Gasteiger partial charge in [0.2, 0.25) is 0 Å². The average molecular weight is 256 g/mol. The molecule has 88 valence electrons. The fourth-order valence-corrected chi connectivity index (χ4v) is 1.94. The van der Waals surface area contributed by atoms with E-state index in [0.717, 1.165) is 5.56 Å². The van der Waals surface area contributed by atoms with Crippen molar-refractivity contribution in [2.75, 3.05) is 0 Å². The molecule has 8 heteroatoms. The molecule has 0 saturated heterocycles. The number of phosphoric ester groups is 1. The van der Waals surface area contributed by atoms with Gasteiger partial charge in [-0.3, -0.25) is 0 Å². The molecule has 5 nitrogen and oxygen atoms in total. The molecule has 0 spiro atoms. The van der Waals surface area contributed by atoms with E-state index in [1.807, 2.05) is 6.92 Å². The van der Waals surface area contributed by atoms with Crippen molar-refractivity contribution in [3.63, 3.8) is 0 Å². The van der Waals surface area contributed by atoms with Crippen LogP contribution in [0.3, 0.4) is 0 Å². The van der Waals surface area contributed by atoms with Crippen LogP contribution < -0.4 is 47.5 Å². The molecule has 0 aromatic heterocycles. The number of carbonyl (C=O) groups excluding carboxylic acids is 1. The number of phosphoric acid groups is 1. The SMILES string of the molecule is Cc1cc(C)c(C(=O)OP(=O)([O-])[O-])c(C)c1.[Li+].[Li+]. The average Bonchev–Trinajstić information content (AvgIpc) is 1.96. The molecule has 0 aliphatic rings. The molecule has 0 atom stereocenters. The van der Waals surface area contributed by atoms with Gasteiger partial charge in [0.15, 0.2) is 0 Å². The molecule has 0 aliphatic heterocycles. The molecular weight excluding hydrogens is 245 g/mol. The van der Waals surface area contributed by atoms with Crippen molar-refractivity contribution < 1.29 is 61.4 Å². The Morgan fingerprint density at radius 1 is 1.11 bits per heavy atom. The molecule has 0 radical (unpaired) electrons. The third-order valence-corrected chi connectivity index (χ3v) is 2.47. The molecule has 0 saturated carbocycles. The second kappa shape index (κ2) is 7.58. The molecule has 18 heavy (non-hydrogen) atoms. The Labute approximate surface area is 130 Å². The number of hydrogen-bond donors (Lipinski definition) is 0. The van der Waals surface area contributed by atoms with E-state index in [4.69, 9.17) is 0 Å². The largest absolute Gasteiger partial charge is 1.00 e. The minimum atomic E-state index is -5.29. The van der Waals surface area contributed by atoms with Crippen molar-refractivity contribution in [3.8, 4) is 0 Å². The van der Waals surface area contributed by atoms with Gasteiger partial charge < -0.3 is 18.9 Å². The quantitative estimate of drug-likeness (QED) is 0.389. The van der Waals surface area contributed by atoms with E-state index in [2.05, 4.69) is 4.52 Å². The number of rotatable bonds is 2. The van der Waals surface area contributed by atoms with Crippen LogP contribution in [-0.2, 0) is 9.09 Å². The fourth-order valence-electron chi connectivity index (χ4n) is 1.65. The maximum absolute atomic E-state index is 11.4. The van der Waals surface area contributed by atoms with Gasteiger partial charge in [-0.15, -0.1) is 0 Å². The molecule has 0 unspecified atom stereocenters. The van der Waals surface area contributed by atoms with Crippen LogP contribution in [0.25, 0.3) is 0 Å². The van der Waals surface area contributed by atoms with Crippen LogP contribution in [-0.4, -0.2) is 5.97 Å². The summed E-state index contributed by atoms with van der Waals surface area (Å²) in [4.78, 5) is 32.1. The van der Waals surface area contributed by atoms with Gasteiger partial charge in [-0.1, -0.05) is 17.7 Å². The zero-order valence-electron chi connectivity index (χ0n) is 11.1. The van der Waals surface area contributed by atoms with Gasteiger partial charge in [-0.25, -0.2) is 4.79 Å². The zero-order chi connectivity index (χ0) is 12.5. The van der Waals surface area contributed by atoms with Crippen molar-refractivity contribution in [2.45, 2.75) is 20.8 Å². The van der Waals surface area contributed by atoms with Gasteiger partial charge >= 0.3 is 43.7 Å².